The molecule has 3 aromatic rings. The lowest BCUT2D eigenvalue weighted by molar-refractivity contribution is -0.115. The van der Waals surface area contributed by atoms with Crippen LogP contribution in [0.2, 0.25) is 0 Å². The SMILES string of the molecule is Cc1ccccc1N=C1NC(=O)/C(=C/c2ccc(-c3ccc(C#N)cc3)o2)S1. The van der Waals surface area contributed by atoms with Gasteiger partial charge in [-0.2, -0.15) is 5.26 Å². The lowest BCUT2D eigenvalue weighted by Crippen LogP contribution is -2.19. The van der Waals surface area contributed by atoms with E-state index in [-0.39, 0.29) is 5.91 Å². The van der Waals surface area contributed by atoms with Crippen LogP contribution in [0, 0.1) is 18.3 Å². The number of amides is 1. The third-order valence-corrected chi connectivity index (χ3v) is 5.10. The Bertz CT molecular complexity index is 1150. The molecule has 0 radical (unpaired) electrons. The quantitative estimate of drug-likeness (QED) is 0.642. The number of aryl methyl sites for hydroxylation is 1. The fraction of sp³-hybridized carbons (Fsp3) is 0.0455. The van der Waals surface area contributed by atoms with Gasteiger partial charge in [-0.3, -0.25) is 4.79 Å². The van der Waals surface area contributed by atoms with Crippen molar-refractivity contribution in [3.05, 3.63) is 82.5 Å². The third kappa shape index (κ3) is 3.75. The predicted octanol–water partition coefficient (Wildman–Crippen LogP) is 5.02. The molecular formula is C22H15N3O2S. The second kappa shape index (κ2) is 7.59. The summed E-state index contributed by atoms with van der Waals surface area (Å²) in [7, 11) is 0. The highest BCUT2D eigenvalue weighted by atomic mass is 32.2. The van der Waals surface area contributed by atoms with Crippen molar-refractivity contribution in [3.8, 4) is 17.4 Å². The smallest absolute Gasteiger partial charge is 0.264 e. The average molecular weight is 385 g/mol. The van der Waals surface area contributed by atoms with E-state index in [1.807, 2.05) is 55.5 Å². The number of nitriles is 1. The molecule has 2 heterocycles. The van der Waals surface area contributed by atoms with E-state index in [1.54, 1.807) is 18.2 Å². The lowest BCUT2D eigenvalue weighted by atomic mass is 10.1. The lowest BCUT2D eigenvalue weighted by Gasteiger charge is -1.99. The first kappa shape index (κ1) is 17.8. The molecule has 0 unspecified atom stereocenters. The molecule has 1 saturated heterocycles. The molecule has 0 spiro atoms. The van der Waals surface area contributed by atoms with Gasteiger partial charge in [0.15, 0.2) is 5.17 Å². The monoisotopic (exact) mass is 385 g/mol. The highest BCUT2D eigenvalue weighted by Crippen LogP contribution is 2.30. The minimum absolute atomic E-state index is 0.200. The van der Waals surface area contributed by atoms with Gasteiger partial charge >= 0.3 is 0 Å². The van der Waals surface area contributed by atoms with Crippen LogP contribution in [0.1, 0.15) is 16.9 Å². The zero-order chi connectivity index (χ0) is 19.5. The Hall–Kier alpha value is -3.56. The van der Waals surface area contributed by atoms with Crippen molar-refractivity contribution in [3.63, 3.8) is 0 Å². The Morgan fingerprint density at radius 3 is 2.64 bits per heavy atom. The number of furan rings is 1. The van der Waals surface area contributed by atoms with Crippen LogP contribution in [0.4, 0.5) is 5.69 Å². The van der Waals surface area contributed by atoms with Crippen molar-refractivity contribution in [2.75, 3.05) is 0 Å². The minimum Gasteiger partial charge on any atom is -0.457 e. The summed E-state index contributed by atoms with van der Waals surface area (Å²) in [6.07, 6.45) is 1.70. The molecule has 2 aromatic carbocycles. The van der Waals surface area contributed by atoms with Crippen LogP contribution in [0.3, 0.4) is 0 Å². The summed E-state index contributed by atoms with van der Waals surface area (Å²) in [5.74, 6) is 1.05. The van der Waals surface area contributed by atoms with Crippen LogP contribution in [0.5, 0.6) is 0 Å². The van der Waals surface area contributed by atoms with E-state index in [4.69, 9.17) is 9.68 Å². The predicted molar refractivity (Wildman–Crippen MR) is 111 cm³/mol. The first-order valence-electron chi connectivity index (χ1n) is 8.58. The Morgan fingerprint density at radius 2 is 1.89 bits per heavy atom. The fourth-order valence-corrected chi connectivity index (χ4v) is 3.52. The number of amidine groups is 1. The van der Waals surface area contributed by atoms with Crippen molar-refractivity contribution in [1.29, 1.82) is 5.26 Å². The van der Waals surface area contributed by atoms with E-state index < -0.39 is 0 Å². The number of hydrogen-bond acceptors (Lipinski definition) is 5. The Morgan fingerprint density at radius 1 is 1.11 bits per heavy atom. The number of nitrogens with one attached hydrogen (secondary N) is 1. The van der Waals surface area contributed by atoms with Gasteiger partial charge in [0.2, 0.25) is 0 Å². The van der Waals surface area contributed by atoms with E-state index >= 15 is 0 Å². The molecule has 4 rings (SSSR count). The molecule has 0 atom stereocenters. The number of para-hydroxylation sites is 1. The van der Waals surface area contributed by atoms with Crippen molar-refractivity contribution >= 4 is 34.6 Å². The third-order valence-electron chi connectivity index (χ3n) is 4.19. The molecule has 28 heavy (non-hydrogen) atoms. The van der Waals surface area contributed by atoms with Gasteiger partial charge in [-0.15, -0.1) is 0 Å². The van der Waals surface area contributed by atoms with E-state index in [1.165, 1.54) is 11.8 Å². The van der Waals surface area contributed by atoms with Crippen molar-refractivity contribution in [2.24, 2.45) is 4.99 Å². The molecule has 0 aliphatic carbocycles. The summed E-state index contributed by atoms with van der Waals surface area (Å²) in [5, 5.41) is 12.2. The van der Waals surface area contributed by atoms with Crippen LogP contribution >= 0.6 is 11.8 Å². The van der Waals surface area contributed by atoms with Crippen LogP contribution < -0.4 is 5.32 Å². The number of thioether (sulfide) groups is 1. The number of carbonyl (C=O) groups is 1. The fourth-order valence-electron chi connectivity index (χ4n) is 2.70. The van der Waals surface area contributed by atoms with Gasteiger partial charge in [-0.1, -0.05) is 18.2 Å². The molecule has 136 valence electrons. The summed E-state index contributed by atoms with van der Waals surface area (Å²) in [6, 6.07) is 20.6. The summed E-state index contributed by atoms with van der Waals surface area (Å²) in [6.45, 7) is 1.98. The largest absolute Gasteiger partial charge is 0.457 e. The van der Waals surface area contributed by atoms with Crippen molar-refractivity contribution in [2.45, 2.75) is 6.92 Å². The van der Waals surface area contributed by atoms with Gasteiger partial charge in [0.1, 0.15) is 11.5 Å². The van der Waals surface area contributed by atoms with E-state index in [0.717, 1.165) is 16.8 Å². The van der Waals surface area contributed by atoms with Gasteiger partial charge in [0.05, 0.1) is 22.2 Å². The maximum Gasteiger partial charge on any atom is 0.264 e. The molecule has 0 bridgehead atoms. The number of hydrogen-bond donors (Lipinski definition) is 1. The second-order valence-corrected chi connectivity index (χ2v) is 7.19. The van der Waals surface area contributed by atoms with Gasteiger partial charge in [-0.25, -0.2) is 4.99 Å². The van der Waals surface area contributed by atoms with Gasteiger partial charge < -0.3 is 9.73 Å². The zero-order valence-electron chi connectivity index (χ0n) is 15.0. The van der Waals surface area contributed by atoms with Gasteiger partial charge in [0.25, 0.3) is 5.91 Å². The molecule has 6 heteroatoms. The molecule has 0 saturated carbocycles. The zero-order valence-corrected chi connectivity index (χ0v) is 15.8. The van der Waals surface area contributed by atoms with Crippen LogP contribution in [-0.2, 0) is 4.79 Å². The van der Waals surface area contributed by atoms with Crippen LogP contribution in [0.25, 0.3) is 17.4 Å². The molecule has 1 aliphatic rings. The molecule has 1 aliphatic heterocycles. The van der Waals surface area contributed by atoms with Gasteiger partial charge in [0, 0.05) is 11.6 Å². The summed E-state index contributed by atoms with van der Waals surface area (Å²) >= 11 is 1.28. The summed E-state index contributed by atoms with van der Waals surface area (Å²) in [4.78, 5) is 17.3. The van der Waals surface area contributed by atoms with Gasteiger partial charge in [-0.05, 0) is 66.7 Å². The molecule has 5 nitrogen and oxygen atoms in total. The summed E-state index contributed by atoms with van der Waals surface area (Å²) in [5.41, 5.74) is 3.33. The van der Waals surface area contributed by atoms with E-state index in [2.05, 4.69) is 16.4 Å². The average Bonchev–Trinajstić information content (AvgIpc) is 3.31. The maximum absolute atomic E-state index is 12.3. The standard InChI is InChI=1S/C22H15N3O2S/c1-14-4-2-3-5-18(14)24-22-25-21(26)20(28-22)12-17-10-11-19(27-17)16-8-6-15(13-23)7-9-16/h2-12H,1H3,(H,24,25,26)/b20-12-. The number of rotatable bonds is 3. The van der Waals surface area contributed by atoms with Crippen LogP contribution in [0.15, 0.2) is 75.0 Å². The Balaban J connectivity index is 1.55. The van der Waals surface area contributed by atoms with Crippen LogP contribution in [-0.4, -0.2) is 11.1 Å². The van der Waals surface area contributed by atoms with Crippen molar-refractivity contribution < 1.29 is 9.21 Å². The molecule has 1 N–H and O–H groups in total. The summed E-state index contributed by atoms with van der Waals surface area (Å²) < 4.78 is 5.83. The normalized spacial score (nSPS) is 16.4. The topological polar surface area (TPSA) is 78.4 Å². The molecule has 1 amide bonds. The van der Waals surface area contributed by atoms with E-state index in [9.17, 15) is 4.79 Å². The molecule has 1 aromatic heterocycles. The Labute approximate surface area is 166 Å². The number of nitrogens with zero attached hydrogens (tertiary/aromatic N) is 2. The number of carbonyl (C=O) groups excluding carboxylic acids is 1. The minimum atomic E-state index is -0.200. The van der Waals surface area contributed by atoms with Crippen molar-refractivity contribution in [1.82, 2.24) is 5.32 Å². The number of benzene rings is 2. The number of aliphatic imine (C=N–C) groups is 1. The Kier molecular flexibility index (Phi) is 4.83. The highest BCUT2D eigenvalue weighted by molar-refractivity contribution is 8.18. The highest BCUT2D eigenvalue weighted by Gasteiger charge is 2.24. The second-order valence-electron chi connectivity index (χ2n) is 6.16. The van der Waals surface area contributed by atoms with E-state index in [0.29, 0.717) is 27.2 Å². The maximum atomic E-state index is 12.3. The molecular weight excluding hydrogens is 370 g/mol. The first-order valence-corrected chi connectivity index (χ1v) is 9.39. The molecule has 1 fully saturated rings. The first-order chi connectivity index (χ1) is 13.6.